The van der Waals surface area contributed by atoms with Crippen LogP contribution in [0.4, 0.5) is 0 Å². The number of imidazole rings is 1. The molecule has 2 aromatic rings. The summed E-state index contributed by atoms with van der Waals surface area (Å²) in [5.41, 5.74) is 2.89. The first-order valence-electron chi connectivity index (χ1n) is 5.65. The predicted molar refractivity (Wildman–Crippen MR) is 67.2 cm³/mol. The summed E-state index contributed by atoms with van der Waals surface area (Å²) in [6, 6.07) is 8.40. The number of H-pyrrole nitrogens is 1. The third-order valence-corrected chi connectivity index (χ3v) is 2.68. The van der Waals surface area contributed by atoms with Crippen LogP contribution in [0.5, 0.6) is 0 Å². The van der Waals surface area contributed by atoms with Crippen LogP contribution in [-0.2, 0) is 6.54 Å². The summed E-state index contributed by atoms with van der Waals surface area (Å²) in [5, 5.41) is 12.2. The van der Waals surface area contributed by atoms with E-state index >= 15 is 0 Å². The molecule has 4 heteroatoms. The maximum absolute atomic E-state index is 8.90. The quantitative estimate of drug-likeness (QED) is 0.843. The lowest BCUT2D eigenvalue weighted by Crippen LogP contribution is -2.27. The molecule has 0 atom stereocenters. The number of aromatic amines is 1. The molecule has 0 saturated heterocycles. The van der Waals surface area contributed by atoms with Crippen molar-refractivity contribution in [3.63, 3.8) is 0 Å². The topological polar surface area (TPSA) is 64.5 Å². The third-order valence-electron chi connectivity index (χ3n) is 2.68. The largest absolute Gasteiger partial charge is 0.345 e. The first-order chi connectivity index (χ1) is 8.11. The van der Waals surface area contributed by atoms with Crippen LogP contribution < -0.4 is 5.32 Å². The first kappa shape index (κ1) is 11.6. The summed E-state index contributed by atoms with van der Waals surface area (Å²) in [6.45, 7) is 5.31. The van der Waals surface area contributed by atoms with Crippen molar-refractivity contribution in [2.45, 2.75) is 20.4 Å². The molecule has 4 nitrogen and oxygen atoms in total. The second-order valence-electron chi connectivity index (χ2n) is 4.85. The van der Waals surface area contributed by atoms with E-state index in [1.807, 2.05) is 19.9 Å². The summed E-state index contributed by atoms with van der Waals surface area (Å²) in [7, 11) is 0. The minimum atomic E-state index is -0.321. The highest BCUT2D eigenvalue weighted by molar-refractivity contribution is 5.74. The molecule has 17 heavy (non-hydrogen) atoms. The summed E-state index contributed by atoms with van der Waals surface area (Å²) >= 11 is 0. The van der Waals surface area contributed by atoms with Crippen LogP contribution in [-0.4, -0.2) is 16.5 Å². The molecule has 1 aromatic carbocycles. The normalized spacial score (nSPS) is 11.6. The number of nitrogens with zero attached hydrogens (tertiary/aromatic N) is 2. The second kappa shape index (κ2) is 4.56. The molecule has 2 N–H and O–H groups in total. The van der Waals surface area contributed by atoms with Gasteiger partial charge in [0.1, 0.15) is 0 Å². The first-order valence-corrected chi connectivity index (χ1v) is 5.65. The van der Waals surface area contributed by atoms with Crippen molar-refractivity contribution in [3.8, 4) is 6.07 Å². The van der Waals surface area contributed by atoms with E-state index in [0.717, 1.165) is 17.6 Å². The summed E-state index contributed by atoms with van der Waals surface area (Å²) in [6.07, 6.45) is 1.70. The van der Waals surface area contributed by atoms with Gasteiger partial charge in [-0.1, -0.05) is 6.07 Å². The third kappa shape index (κ3) is 2.83. The van der Waals surface area contributed by atoms with E-state index in [-0.39, 0.29) is 5.41 Å². The molecule has 0 radical (unpaired) electrons. The van der Waals surface area contributed by atoms with E-state index in [4.69, 9.17) is 5.26 Å². The van der Waals surface area contributed by atoms with Gasteiger partial charge in [-0.2, -0.15) is 5.26 Å². The number of aromatic nitrogens is 2. The van der Waals surface area contributed by atoms with Gasteiger partial charge in [0.05, 0.1) is 28.8 Å². The highest BCUT2D eigenvalue weighted by atomic mass is 14.9. The molecule has 0 fully saturated rings. The van der Waals surface area contributed by atoms with Gasteiger partial charge < -0.3 is 10.3 Å². The molecule has 0 aliphatic carbocycles. The van der Waals surface area contributed by atoms with Crippen molar-refractivity contribution in [3.05, 3.63) is 30.1 Å². The van der Waals surface area contributed by atoms with Gasteiger partial charge in [0, 0.05) is 13.1 Å². The molecule has 0 unspecified atom stereocenters. The molecule has 1 aromatic heterocycles. The van der Waals surface area contributed by atoms with Crippen molar-refractivity contribution < 1.29 is 0 Å². The molecular weight excluding hydrogens is 212 g/mol. The molecule has 0 saturated carbocycles. The predicted octanol–water partition coefficient (Wildman–Crippen LogP) is 2.20. The molecule has 1 heterocycles. The van der Waals surface area contributed by atoms with Crippen molar-refractivity contribution in [1.82, 2.24) is 15.3 Å². The smallest absolute Gasteiger partial charge is 0.0931 e. The Balaban J connectivity index is 1.97. The number of hydrogen-bond acceptors (Lipinski definition) is 3. The lowest BCUT2D eigenvalue weighted by molar-refractivity contribution is 0.445. The number of hydrogen-bond donors (Lipinski definition) is 2. The zero-order chi connectivity index (χ0) is 12.3. The fraction of sp³-hybridized carbons (Fsp3) is 0.385. The van der Waals surface area contributed by atoms with Gasteiger partial charge in [0.2, 0.25) is 0 Å². The zero-order valence-electron chi connectivity index (χ0n) is 10.1. The van der Waals surface area contributed by atoms with Crippen LogP contribution in [0.3, 0.4) is 0 Å². The Labute approximate surface area is 101 Å². The lowest BCUT2D eigenvalue weighted by Gasteiger charge is -2.15. The Hall–Kier alpha value is -1.86. The van der Waals surface area contributed by atoms with E-state index < -0.39 is 0 Å². The Morgan fingerprint density at radius 1 is 1.47 bits per heavy atom. The maximum Gasteiger partial charge on any atom is 0.0931 e. The highest BCUT2D eigenvalue weighted by Gasteiger charge is 2.15. The molecular formula is C13H16N4. The van der Waals surface area contributed by atoms with E-state index in [1.165, 1.54) is 5.56 Å². The van der Waals surface area contributed by atoms with Gasteiger partial charge in [-0.25, -0.2) is 4.98 Å². The van der Waals surface area contributed by atoms with Gasteiger partial charge in [-0.3, -0.25) is 0 Å². The van der Waals surface area contributed by atoms with Gasteiger partial charge >= 0.3 is 0 Å². The van der Waals surface area contributed by atoms with Gasteiger partial charge in [-0.15, -0.1) is 0 Å². The molecule has 0 bridgehead atoms. The number of nitriles is 1. The molecule has 0 amide bonds. The van der Waals surface area contributed by atoms with Gasteiger partial charge in [0.15, 0.2) is 0 Å². The molecule has 0 spiro atoms. The Kier molecular flexibility index (Phi) is 3.12. The fourth-order valence-corrected chi connectivity index (χ4v) is 1.65. The molecule has 0 aliphatic rings. The number of benzene rings is 1. The van der Waals surface area contributed by atoms with Crippen LogP contribution in [0.2, 0.25) is 0 Å². The molecule has 88 valence electrons. The lowest BCUT2D eigenvalue weighted by atomic mass is 9.96. The van der Waals surface area contributed by atoms with E-state index in [9.17, 15) is 0 Å². The van der Waals surface area contributed by atoms with E-state index in [1.54, 1.807) is 6.33 Å². The minimum Gasteiger partial charge on any atom is -0.345 e. The van der Waals surface area contributed by atoms with Crippen LogP contribution in [0.1, 0.15) is 19.4 Å². The number of nitrogens with one attached hydrogen (secondary N) is 2. The summed E-state index contributed by atoms with van der Waals surface area (Å²) in [4.78, 5) is 7.26. The summed E-state index contributed by atoms with van der Waals surface area (Å²) < 4.78 is 0. The Morgan fingerprint density at radius 2 is 2.29 bits per heavy atom. The van der Waals surface area contributed by atoms with Crippen LogP contribution in [0, 0.1) is 16.7 Å². The number of fused-ring (bicyclic) bond motifs is 1. The Bertz CT molecular complexity index is 548. The van der Waals surface area contributed by atoms with Crippen molar-refractivity contribution in [2.75, 3.05) is 6.54 Å². The summed E-state index contributed by atoms with van der Waals surface area (Å²) in [5.74, 6) is 0. The van der Waals surface area contributed by atoms with Crippen molar-refractivity contribution in [2.24, 2.45) is 5.41 Å². The average molecular weight is 228 g/mol. The molecule has 0 aliphatic heterocycles. The standard InChI is InChI=1S/C13H16N4/c1-13(2,7-14)8-15-6-10-3-4-11-12(5-10)17-9-16-11/h3-5,9,15H,6,8H2,1-2H3,(H,16,17). The molecule has 2 rings (SSSR count). The maximum atomic E-state index is 8.90. The zero-order valence-corrected chi connectivity index (χ0v) is 10.1. The van der Waals surface area contributed by atoms with Gasteiger partial charge in [-0.05, 0) is 31.5 Å². The van der Waals surface area contributed by atoms with Crippen LogP contribution in [0.25, 0.3) is 11.0 Å². The number of rotatable bonds is 4. The SMILES string of the molecule is CC(C)(C#N)CNCc1ccc2nc[nH]c2c1. The van der Waals surface area contributed by atoms with Gasteiger partial charge in [0.25, 0.3) is 0 Å². The van der Waals surface area contributed by atoms with Crippen LogP contribution >= 0.6 is 0 Å². The highest BCUT2D eigenvalue weighted by Crippen LogP contribution is 2.13. The fourth-order valence-electron chi connectivity index (χ4n) is 1.65. The Morgan fingerprint density at radius 3 is 3.06 bits per heavy atom. The van der Waals surface area contributed by atoms with Crippen molar-refractivity contribution >= 4 is 11.0 Å². The minimum absolute atomic E-state index is 0.321. The average Bonchev–Trinajstić information content (AvgIpc) is 2.76. The van der Waals surface area contributed by atoms with Crippen LogP contribution in [0.15, 0.2) is 24.5 Å². The second-order valence-corrected chi connectivity index (χ2v) is 4.85. The van der Waals surface area contributed by atoms with Crippen molar-refractivity contribution in [1.29, 1.82) is 5.26 Å². The monoisotopic (exact) mass is 228 g/mol. The van der Waals surface area contributed by atoms with E-state index in [2.05, 4.69) is 33.5 Å². The van der Waals surface area contributed by atoms with E-state index in [0.29, 0.717) is 6.54 Å².